The molecule has 2 heterocycles. The molecule has 4 rings (SSSR count). The van der Waals surface area contributed by atoms with E-state index in [1.165, 1.54) is 17.0 Å². The molecule has 0 radical (unpaired) electrons. The van der Waals surface area contributed by atoms with Crippen LogP contribution < -0.4 is 0 Å². The zero-order valence-corrected chi connectivity index (χ0v) is 15.9. The largest absolute Gasteiger partial charge is 0.478 e. The van der Waals surface area contributed by atoms with E-state index in [-0.39, 0.29) is 23.3 Å². The lowest BCUT2D eigenvalue weighted by Gasteiger charge is -2.11. The van der Waals surface area contributed by atoms with E-state index in [4.69, 9.17) is 9.52 Å². The van der Waals surface area contributed by atoms with E-state index in [1.54, 1.807) is 30.3 Å². The number of carboxylic acid groups (broad SMARTS) is 1. The number of benzene rings is 2. The summed E-state index contributed by atoms with van der Waals surface area (Å²) in [6.07, 6.45) is 1.55. The summed E-state index contributed by atoms with van der Waals surface area (Å²) in [7, 11) is 0. The lowest BCUT2D eigenvalue weighted by molar-refractivity contribution is -0.123. The lowest BCUT2D eigenvalue weighted by atomic mass is 10.1. The summed E-state index contributed by atoms with van der Waals surface area (Å²) in [5, 5.41) is 8.66. The summed E-state index contributed by atoms with van der Waals surface area (Å²) in [5.74, 6) is -0.375. The van der Waals surface area contributed by atoms with Crippen molar-refractivity contribution in [1.29, 1.82) is 0 Å². The molecule has 1 saturated heterocycles. The van der Waals surface area contributed by atoms with Crippen LogP contribution in [0.3, 0.4) is 0 Å². The van der Waals surface area contributed by atoms with Crippen LogP contribution in [-0.4, -0.2) is 27.1 Å². The van der Waals surface area contributed by atoms with E-state index >= 15 is 0 Å². The summed E-state index contributed by atoms with van der Waals surface area (Å²) in [6.45, 7) is 0.224. The summed E-state index contributed by atoms with van der Waals surface area (Å²) >= 11 is 0.879. The van der Waals surface area contributed by atoms with Crippen LogP contribution in [0.5, 0.6) is 0 Å². The van der Waals surface area contributed by atoms with Crippen LogP contribution in [0.15, 0.2) is 76.1 Å². The van der Waals surface area contributed by atoms with E-state index in [9.17, 15) is 14.4 Å². The molecule has 29 heavy (non-hydrogen) atoms. The number of furan rings is 1. The topological polar surface area (TPSA) is 87.8 Å². The number of imide groups is 1. The summed E-state index contributed by atoms with van der Waals surface area (Å²) in [4.78, 5) is 37.3. The average molecular weight is 405 g/mol. The zero-order valence-electron chi connectivity index (χ0n) is 15.1. The second-order valence-corrected chi connectivity index (χ2v) is 7.33. The summed E-state index contributed by atoms with van der Waals surface area (Å²) in [5.41, 5.74) is 1.78. The number of carbonyl (C=O) groups excluding carboxylic acids is 2. The van der Waals surface area contributed by atoms with Crippen molar-refractivity contribution < 1.29 is 23.9 Å². The van der Waals surface area contributed by atoms with Crippen LogP contribution >= 0.6 is 11.8 Å². The van der Waals surface area contributed by atoms with Crippen molar-refractivity contribution in [2.24, 2.45) is 0 Å². The van der Waals surface area contributed by atoms with E-state index in [1.807, 2.05) is 30.3 Å². The molecule has 0 bridgehead atoms. The van der Waals surface area contributed by atoms with Crippen LogP contribution in [0.2, 0.25) is 0 Å². The van der Waals surface area contributed by atoms with Gasteiger partial charge < -0.3 is 9.52 Å². The first-order chi connectivity index (χ1) is 14.0. The van der Waals surface area contributed by atoms with Gasteiger partial charge in [-0.1, -0.05) is 42.5 Å². The SMILES string of the molecule is O=C(O)c1ccc(-c2ccc(C=C3SC(=O)N(Cc4ccccc4)C3=O)o2)cc1. The molecule has 0 aliphatic carbocycles. The van der Waals surface area contributed by atoms with Crippen molar-refractivity contribution in [1.82, 2.24) is 4.90 Å². The molecule has 1 aliphatic heterocycles. The summed E-state index contributed by atoms with van der Waals surface area (Å²) in [6, 6.07) is 19.0. The predicted molar refractivity (Wildman–Crippen MR) is 109 cm³/mol. The van der Waals surface area contributed by atoms with Gasteiger partial charge in [0.2, 0.25) is 0 Å². The van der Waals surface area contributed by atoms with Gasteiger partial charge in [0.15, 0.2) is 0 Å². The maximum atomic E-state index is 12.6. The fourth-order valence-corrected chi connectivity index (χ4v) is 3.71. The third kappa shape index (κ3) is 4.00. The zero-order chi connectivity index (χ0) is 20.4. The molecule has 6 nitrogen and oxygen atoms in total. The van der Waals surface area contributed by atoms with Crippen LogP contribution in [0.25, 0.3) is 17.4 Å². The number of carboxylic acids is 1. The maximum absolute atomic E-state index is 12.6. The van der Waals surface area contributed by atoms with Crippen molar-refractivity contribution >= 4 is 35.0 Å². The van der Waals surface area contributed by atoms with Gasteiger partial charge >= 0.3 is 5.97 Å². The van der Waals surface area contributed by atoms with Gasteiger partial charge in [0.25, 0.3) is 11.1 Å². The second kappa shape index (κ2) is 7.81. The molecule has 0 spiro atoms. The minimum Gasteiger partial charge on any atom is -0.478 e. The van der Waals surface area contributed by atoms with Gasteiger partial charge in [-0.25, -0.2) is 4.79 Å². The average Bonchev–Trinajstić information content (AvgIpc) is 3.29. The van der Waals surface area contributed by atoms with Crippen LogP contribution in [0, 0.1) is 0 Å². The van der Waals surface area contributed by atoms with Gasteiger partial charge in [-0.3, -0.25) is 14.5 Å². The molecule has 3 aromatic rings. The maximum Gasteiger partial charge on any atom is 0.335 e. The third-order valence-electron chi connectivity index (χ3n) is 4.37. The normalized spacial score (nSPS) is 15.3. The van der Waals surface area contributed by atoms with Crippen molar-refractivity contribution in [2.75, 3.05) is 0 Å². The standard InChI is InChI=1S/C22H15NO5S/c24-20-19(29-22(27)23(20)13-14-4-2-1-3-5-14)12-17-10-11-18(28-17)15-6-8-16(9-7-15)21(25)26/h1-12H,13H2,(H,25,26). The molecule has 1 N–H and O–H groups in total. The quantitative estimate of drug-likeness (QED) is 0.609. The Hall–Kier alpha value is -3.58. The number of aromatic carboxylic acids is 1. The Bertz CT molecular complexity index is 1120. The Balaban J connectivity index is 1.52. The third-order valence-corrected chi connectivity index (χ3v) is 5.28. The predicted octanol–water partition coefficient (Wildman–Crippen LogP) is 4.88. The Kier molecular flexibility index (Phi) is 5.05. The number of hydrogen-bond acceptors (Lipinski definition) is 5. The Morgan fingerprint density at radius 1 is 1.00 bits per heavy atom. The number of rotatable bonds is 5. The van der Waals surface area contributed by atoms with Gasteiger partial charge in [0.05, 0.1) is 17.0 Å². The fraction of sp³-hybridized carbons (Fsp3) is 0.0455. The highest BCUT2D eigenvalue weighted by molar-refractivity contribution is 8.18. The molecule has 0 unspecified atom stereocenters. The highest BCUT2D eigenvalue weighted by Gasteiger charge is 2.35. The minimum absolute atomic E-state index is 0.188. The molecule has 1 aliphatic rings. The Morgan fingerprint density at radius 2 is 1.72 bits per heavy atom. The molecule has 0 saturated carbocycles. The fourth-order valence-electron chi connectivity index (χ4n) is 2.89. The molecule has 7 heteroatoms. The number of amides is 2. The molecule has 144 valence electrons. The van der Waals surface area contributed by atoms with Crippen molar-refractivity contribution in [3.05, 3.63) is 88.5 Å². The number of hydrogen-bond donors (Lipinski definition) is 1. The van der Waals surface area contributed by atoms with E-state index in [2.05, 4.69) is 0 Å². The molecule has 2 aromatic carbocycles. The number of carbonyl (C=O) groups is 3. The van der Waals surface area contributed by atoms with E-state index in [0.717, 1.165) is 17.3 Å². The highest BCUT2D eigenvalue weighted by Crippen LogP contribution is 2.34. The smallest absolute Gasteiger partial charge is 0.335 e. The Morgan fingerprint density at radius 3 is 2.41 bits per heavy atom. The molecule has 2 amide bonds. The second-order valence-electron chi connectivity index (χ2n) is 6.34. The van der Waals surface area contributed by atoms with Crippen LogP contribution in [0.1, 0.15) is 21.7 Å². The molecule has 1 aromatic heterocycles. The van der Waals surface area contributed by atoms with Gasteiger partial charge in [-0.2, -0.15) is 0 Å². The molecule has 1 fully saturated rings. The van der Waals surface area contributed by atoms with Gasteiger partial charge in [-0.05, 0) is 41.6 Å². The van der Waals surface area contributed by atoms with E-state index < -0.39 is 5.97 Å². The monoisotopic (exact) mass is 405 g/mol. The lowest BCUT2D eigenvalue weighted by Crippen LogP contribution is -2.27. The summed E-state index contributed by atoms with van der Waals surface area (Å²) < 4.78 is 5.75. The highest BCUT2D eigenvalue weighted by atomic mass is 32.2. The van der Waals surface area contributed by atoms with Crippen molar-refractivity contribution in [2.45, 2.75) is 6.54 Å². The number of nitrogens with zero attached hydrogens (tertiary/aromatic N) is 1. The van der Waals surface area contributed by atoms with Crippen LogP contribution in [0.4, 0.5) is 4.79 Å². The molecular formula is C22H15NO5S. The first-order valence-corrected chi connectivity index (χ1v) is 9.56. The molecular weight excluding hydrogens is 390 g/mol. The first kappa shape index (κ1) is 18.8. The van der Waals surface area contributed by atoms with Crippen molar-refractivity contribution in [3.63, 3.8) is 0 Å². The van der Waals surface area contributed by atoms with Crippen molar-refractivity contribution in [3.8, 4) is 11.3 Å². The van der Waals surface area contributed by atoms with E-state index in [0.29, 0.717) is 22.0 Å². The number of thioether (sulfide) groups is 1. The first-order valence-electron chi connectivity index (χ1n) is 8.74. The van der Waals surface area contributed by atoms with Gasteiger partial charge in [0, 0.05) is 11.6 Å². The van der Waals surface area contributed by atoms with Gasteiger partial charge in [-0.15, -0.1) is 0 Å². The van der Waals surface area contributed by atoms with Crippen LogP contribution in [-0.2, 0) is 11.3 Å². The molecule has 0 atom stereocenters. The van der Waals surface area contributed by atoms with Gasteiger partial charge in [0.1, 0.15) is 11.5 Å². The minimum atomic E-state index is -0.997. The Labute approximate surface area is 170 Å².